The minimum Gasteiger partial charge on any atom is -0.493 e. The standard InChI is InChI=1S/C19H18O6/c1-22-14-9-5-6-10-15(14)23-18(20)17-16(24-19(21)25-17)12-11-13-7-3-2-4-8-13/h2-10,16-17H,11-12H2,1H3/t16-,17+/m0/s1. The molecular formula is C19H18O6. The number of benzene rings is 2. The molecule has 6 nitrogen and oxygen atoms in total. The number of carbonyl (C=O) groups is 2. The van der Waals surface area contributed by atoms with Crippen LogP contribution in [0.2, 0.25) is 0 Å². The lowest BCUT2D eigenvalue weighted by Crippen LogP contribution is -2.35. The van der Waals surface area contributed by atoms with E-state index in [-0.39, 0.29) is 5.75 Å². The van der Waals surface area contributed by atoms with Crippen LogP contribution in [-0.2, 0) is 20.7 Å². The van der Waals surface area contributed by atoms with Crippen molar-refractivity contribution in [2.24, 2.45) is 0 Å². The Morgan fingerprint density at radius 3 is 2.40 bits per heavy atom. The van der Waals surface area contributed by atoms with Crippen molar-refractivity contribution < 1.29 is 28.5 Å². The molecule has 0 N–H and O–H groups in total. The molecule has 1 saturated heterocycles. The Morgan fingerprint density at radius 2 is 1.68 bits per heavy atom. The van der Waals surface area contributed by atoms with Crippen molar-refractivity contribution in [3.8, 4) is 11.5 Å². The van der Waals surface area contributed by atoms with Gasteiger partial charge < -0.3 is 18.9 Å². The minimum atomic E-state index is -1.10. The third-order valence-corrected chi connectivity index (χ3v) is 3.88. The summed E-state index contributed by atoms with van der Waals surface area (Å²) >= 11 is 0. The number of ether oxygens (including phenoxy) is 4. The third kappa shape index (κ3) is 4.09. The van der Waals surface area contributed by atoms with Gasteiger partial charge in [0.05, 0.1) is 7.11 Å². The number of para-hydroxylation sites is 2. The molecular weight excluding hydrogens is 324 g/mol. The van der Waals surface area contributed by atoms with Crippen molar-refractivity contribution in [1.82, 2.24) is 0 Å². The van der Waals surface area contributed by atoms with E-state index in [1.807, 2.05) is 30.3 Å². The zero-order valence-corrected chi connectivity index (χ0v) is 13.7. The molecule has 2 aromatic rings. The van der Waals surface area contributed by atoms with Crippen LogP contribution in [0.4, 0.5) is 4.79 Å². The average Bonchev–Trinajstić information content (AvgIpc) is 3.02. The molecule has 0 spiro atoms. The van der Waals surface area contributed by atoms with Crippen LogP contribution in [0.15, 0.2) is 54.6 Å². The van der Waals surface area contributed by atoms with Crippen LogP contribution in [0.25, 0.3) is 0 Å². The summed E-state index contributed by atoms with van der Waals surface area (Å²) in [7, 11) is 1.48. The Labute approximate surface area is 145 Å². The van der Waals surface area contributed by atoms with Gasteiger partial charge in [-0.25, -0.2) is 9.59 Å². The molecule has 0 unspecified atom stereocenters. The summed E-state index contributed by atoms with van der Waals surface area (Å²) in [6.45, 7) is 0. The molecule has 25 heavy (non-hydrogen) atoms. The summed E-state index contributed by atoms with van der Waals surface area (Å²) < 4.78 is 20.6. The van der Waals surface area contributed by atoms with Crippen LogP contribution in [0.1, 0.15) is 12.0 Å². The van der Waals surface area contributed by atoms with Gasteiger partial charge in [0.1, 0.15) is 0 Å². The molecule has 6 heteroatoms. The van der Waals surface area contributed by atoms with Crippen molar-refractivity contribution in [3.05, 3.63) is 60.2 Å². The number of carbonyl (C=O) groups excluding carboxylic acids is 2. The highest BCUT2D eigenvalue weighted by Crippen LogP contribution is 2.28. The number of esters is 1. The third-order valence-electron chi connectivity index (χ3n) is 3.88. The zero-order chi connectivity index (χ0) is 17.6. The van der Waals surface area contributed by atoms with E-state index in [2.05, 4.69) is 0 Å². The molecule has 0 radical (unpaired) electrons. The van der Waals surface area contributed by atoms with Crippen LogP contribution < -0.4 is 9.47 Å². The summed E-state index contributed by atoms with van der Waals surface area (Å²) in [6.07, 6.45) is -1.53. The topological polar surface area (TPSA) is 71.1 Å². The Kier molecular flexibility index (Phi) is 5.18. The van der Waals surface area contributed by atoms with Gasteiger partial charge in [0, 0.05) is 0 Å². The average molecular weight is 342 g/mol. The summed E-state index contributed by atoms with van der Waals surface area (Å²) in [5, 5.41) is 0. The van der Waals surface area contributed by atoms with E-state index in [0.29, 0.717) is 18.6 Å². The lowest BCUT2D eigenvalue weighted by molar-refractivity contribution is -0.143. The number of methoxy groups -OCH3 is 1. The van der Waals surface area contributed by atoms with E-state index in [0.717, 1.165) is 5.56 Å². The maximum absolute atomic E-state index is 12.4. The van der Waals surface area contributed by atoms with Crippen molar-refractivity contribution in [3.63, 3.8) is 0 Å². The van der Waals surface area contributed by atoms with Crippen LogP contribution in [-0.4, -0.2) is 31.4 Å². The molecule has 3 rings (SSSR count). The van der Waals surface area contributed by atoms with Gasteiger partial charge in [-0.3, -0.25) is 0 Å². The molecule has 0 saturated carbocycles. The maximum atomic E-state index is 12.4. The van der Waals surface area contributed by atoms with Crippen molar-refractivity contribution in [2.75, 3.05) is 7.11 Å². The predicted molar refractivity (Wildman–Crippen MR) is 88.5 cm³/mol. The van der Waals surface area contributed by atoms with Gasteiger partial charge in [-0.1, -0.05) is 42.5 Å². The quantitative estimate of drug-likeness (QED) is 0.593. The summed E-state index contributed by atoms with van der Waals surface area (Å²) in [6, 6.07) is 16.5. The van der Waals surface area contributed by atoms with Gasteiger partial charge in [0.25, 0.3) is 0 Å². The first-order chi connectivity index (χ1) is 12.2. The molecule has 2 aromatic carbocycles. The SMILES string of the molecule is COc1ccccc1OC(=O)[C@@H]1OC(=O)O[C@H]1CCc1ccccc1. The van der Waals surface area contributed by atoms with Crippen LogP contribution >= 0.6 is 0 Å². The lowest BCUT2D eigenvalue weighted by atomic mass is 10.0. The summed E-state index contributed by atoms with van der Waals surface area (Å²) in [5.41, 5.74) is 1.09. The van der Waals surface area contributed by atoms with Crippen molar-refractivity contribution in [1.29, 1.82) is 0 Å². The van der Waals surface area contributed by atoms with E-state index >= 15 is 0 Å². The first-order valence-corrected chi connectivity index (χ1v) is 7.93. The fourth-order valence-electron chi connectivity index (χ4n) is 2.63. The van der Waals surface area contributed by atoms with Gasteiger partial charge >= 0.3 is 12.1 Å². The molecule has 2 atom stereocenters. The molecule has 0 aliphatic carbocycles. The summed E-state index contributed by atoms with van der Waals surface area (Å²) in [4.78, 5) is 23.9. The largest absolute Gasteiger partial charge is 0.509 e. The van der Waals surface area contributed by atoms with Gasteiger partial charge in [-0.2, -0.15) is 0 Å². The van der Waals surface area contributed by atoms with Crippen molar-refractivity contribution >= 4 is 12.1 Å². The highest BCUT2D eigenvalue weighted by Gasteiger charge is 2.43. The van der Waals surface area contributed by atoms with Gasteiger partial charge in [-0.05, 0) is 30.5 Å². The maximum Gasteiger partial charge on any atom is 0.509 e. The predicted octanol–water partition coefficient (Wildman–Crippen LogP) is 3.14. The van der Waals surface area contributed by atoms with Crippen LogP contribution in [0.5, 0.6) is 11.5 Å². The Hall–Kier alpha value is -3.02. The molecule has 0 aromatic heterocycles. The zero-order valence-electron chi connectivity index (χ0n) is 13.7. The highest BCUT2D eigenvalue weighted by molar-refractivity contribution is 5.82. The number of aryl methyl sites for hydroxylation is 1. The van der Waals surface area contributed by atoms with Gasteiger partial charge in [0.2, 0.25) is 6.10 Å². The molecule has 130 valence electrons. The number of hydrogen-bond acceptors (Lipinski definition) is 6. The minimum absolute atomic E-state index is 0.264. The van der Waals surface area contributed by atoms with E-state index < -0.39 is 24.3 Å². The smallest absolute Gasteiger partial charge is 0.493 e. The van der Waals surface area contributed by atoms with E-state index in [1.54, 1.807) is 24.3 Å². The highest BCUT2D eigenvalue weighted by atomic mass is 16.8. The second-order valence-corrected chi connectivity index (χ2v) is 5.54. The first-order valence-electron chi connectivity index (χ1n) is 7.93. The molecule has 1 aliphatic heterocycles. The molecule has 1 heterocycles. The second kappa shape index (κ2) is 7.70. The van der Waals surface area contributed by atoms with Gasteiger partial charge in [-0.15, -0.1) is 0 Å². The van der Waals surface area contributed by atoms with Gasteiger partial charge in [0.15, 0.2) is 17.6 Å². The monoisotopic (exact) mass is 342 g/mol. The Bertz CT molecular complexity index is 743. The lowest BCUT2D eigenvalue weighted by Gasteiger charge is -2.15. The molecule has 0 amide bonds. The molecule has 1 aliphatic rings. The van der Waals surface area contributed by atoms with Crippen molar-refractivity contribution in [2.45, 2.75) is 25.0 Å². The first kappa shape index (κ1) is 16.8. The fraction of sp³-hybridized carbons (Fsp3) is 0.263. The van der Waals surface area contributed by atoms with E-state index in [9.17, 15) is 9.59 Å². The Balaban J connectivity index is 1.66. The number of cyclic esters (lactones) is 2. The summed E-state index contributed by atoms with van der Waals surface area (Å²) in [5.74, 6) is -0.00454. The van der Waals surface area contributed by atoms with E-state index in [1.165, 1.54) is 7.11 Å². The number of rotatable bonds is 6. The normalized spacial score (nSPS) is 19.0. The van der Waals surface area contributed by atoms with E-state index in [4.69, 9.17) is 18.9 Å². The second-order valence-electron chi connectivity index (χ2n) is 5.54. The van der Waals surface area contributed by atoms with Crippen LogP contribution in [0.3, 0.4) is 0 Å². The molecule has 1 fully saturated rings. The molecule has 0 bridgehead atoms. The Morgan fingerprint density at radius 1 is 1.00 bits per heavy atom. The number of hydrogen-bond donors (Lipinski definition) is 0. The van der Waals surface area contributed by atoms with Crippen LogP contribution in [0, 0.1) is 0 Å². The fourth-order valence-corrected chi connectivity index (χ4v) is 2.63.